The van der Waals surface area contributed by atoms with Gasteiger partial charge in [-0.3, -0.25) is 13.9 Å². The average molecular weight is 295 g/mol. The zero-order valence-electron chi connectivity index (χ0n) is 10.9. The number of halogens is 1. The lowest BCUT2D eigenvalue weighted by Gasteiger charge is -2.32. The molecule has 0 aromatic heterocycles. The topological polar surface area (TPSA) is 23.6 Å². The number of para-hydroxylation sites is 2. The fourth-order valence-corrected chi connectivity index (χ4v) is 3.54. The van der Waals surface area contributed by atoms with Gasteiger partial charge in [-0.05, 0) is 35.5 Å². The van der Waals surface area contributed by atoms with Crippen molar-refractivity contribution in [1.82, 2.24) is 0 Å². The van der Waals surface area contributed by atoms with Gasteiger partial charge in [0.15, 0.2) is 0 Å². The van der Waals surface area contributed by atoms with E-state index in [1.54, 1.807) is 23.4 Å². The highest BCUT2D eigenvalue weighted by atomic mass is 35.7. The molecule has 2 aromatic carbocycles. The summed E-state index contributed by atoms with van der Waals surface area (Å²) in [7, 11) is 3.48. The molecule has 0 unspecified atom stereocenters. The van der Waals surface area contributed by atoms with Crippen LogP contribution < -0.4 is 9.34 Å². The molecule has 0 amide bonds. The van der Waals surface area contributed by atoms with Crippen LogP contribution in [0.1, 0.15) is 0 Å². The van der Waals surface area contributed by atoms with Gasteiger partial charge in [-0.1, -0.05) is 36.4 Å². The Labute approximate surface area is 118 Å². The molecule has 0 aliphatic heterocycles. The van der Waals surface area contributed by atoms with Gasteiger partial charge >= 0.3 is 6.80 Å². The zero-order valence-corrected chi connectivity index (χ0v) is 12.6. The molecule has 0 heterocycles. The molecular formula is C14H16ClN2OP. The van der Waals surface area contributed by atoms with E-state index in [1.165, 1.54) is 0 Å². The van der Waals surface area contributed by atoms with E-state index in [9.17, 15) is 4.57 Å². The van der Waals surface area contributed by atoms with E-state index in [-0.39, 0.29) is 0 Å². The van der Waals surface area contributed by atoms with Crippen molar-refractivity contribution in [3.63, 3.8) is 0 Å². The molecule has 0 bridgehead atoms. The molecule has 2 rings (SSSR count). The summed E-state index contributed by atoms with van der Waals surface area (Å²) in [5.74, 6) is 0. The average Bonchev–Trinajstić information content (AvgIpc) is 2.47. The summed E-state index contributed by atoms with van der Waals surface area (Å²) in [5.41, 5.74) is 1.65. The van der Waals surface area contributed by atoms with Gasteiger partial charge in [0.1, 0.15) is 0 Å². The summed E-state index contributed by atoms with van der Waals surface area (Å²) in [5, 5.41) is 0. The molecule has 0 aliphatic rings. The van der Waals surface area contributed by atoms with E-state index in [0.717, 1.165) is 11.4 Å². The van der Waals surface area contributed by atoms with E-state index < -0.39 is 6.80 Å². The molecule has 0 N–H and O–H groups in total. The lowest BCUT2D eigenvalue weighted by molar-refractivity contribution is 0.582. The Balaban J connectivity index is 2.30. The van der Waals surface area contributed by atoms with Crippen LogP contribution in [0.25, 0.3) is 0 Å². The molecular weight excluding hydrogens is 279 g/mol. The van der Waals surface area contributed by atoms with E-state index >= 15 is 0 Å². The van der Waals surface area contributed by atoms with Crippen LogP contribution in [0.4, 0.5) is 11.4 Å². The maximum Gasteiger partial charge on any atom is 0.352 e. The third-order valence-corrected chi connectivity index (χ3v) is 6.30. The predicted octanol–water partition coefficient (Wildman–Crippen LogP) is 4.61. The number of anilines is 2. The molecule has 3 nitrogen and oxygen atoms in total. The summed E-state index contributed by atoms with van der Waals surface area (Å²) in [4.78, 5) is 0. The first-order valence-corrected chi connectivity index (χ1v) is 8.43. The highest BCUT2D eigenvalue weighted by Crippen LogP contribution is 2.59. The van der Waals surface area contributed by atoms with Gasteiger partial charge in [0.2, 0.25) is 0 Å². The minimum atomic E-state index is -3.18. The van der Waals surface area contributed by atoms with Crippen molar-refractivity contribution >= 4 is 29.4 Å². The second-order valence-corrected chi connectivity index (χ2v) is 7.66. The molecule has 0 atom stereocenters. The molecule has 2 aromatic rings. The highest BCUT2D eigenvalue weighted by Gasteiger charge is 2.30. The molecule has 5 heteroatoms. The number of benzene rings is 2. The van der Waals surface area contributed by atoms with Gasteiger partial charge in [-0.15, -0.1) is 0 Å². The summed E-state index contributed by atoms with van der Waals surface area (Å²) >= 11 is 6.31. The van der Waals surface area contributed by atoms with Crippen molar-refractivity contribution in [2.75, 3.05) is 23.4 Å². The third-order valence-electron chi connectivity index (χ3n) is 3.00. The van der Waals surface area contributed by atoms with Crippen LogP contribution in [0, 0.1) is 0 Å². The Bertz CT molecular complexity index is 527. The lowest BCUT2D eigenvalue weighted by Crippen LogP contribution is -2.23. The summed E-state index contributed by atoms with van der Waals surface area (Å²) in [6, 6.07) is 18.9. The van der Waals surface area contributed by atoms with Crippen LogP contribution in [0.15, 0.2) is 60.7 Å². The number of rotatable bonds is 4. The molecule has 0 fully saturated rings. The van der Waals surface area contributed by atoms with E-state index in [1.807, 2.05) is 60.7 Å². The summed E-state index contributed by atoms with van der Waals surface area (Å²) in [6.45, 7) is -3.18. The minimum Gasteiger partial charge on any atom is -0.298 e. The van der Waals surface area contributed by atoms with Crippen molar-refractivity contribution in [3.8, 4) is 0 Å². The van der Waals surface area contributed by atoms with Crippen LogP contribution in [-0.4, -0.2) is 14.1 Å². The zero-order chi connectivity index (χ0) is 13.9. The molecule has 0 radical (unpaired) electrons. The monoisotopic (exact) mass is 294 g/mol. The smallest absolute Gasteiger partial charge is 0.298 e. The minimum absolute atomic E-state index is 0.823. The van der Waals surface area contributed by atoms with Gasteiger partial charge < -0.3 is 0 Å². The van der Waals surface area contributed by atoms with Gasteiger partial charge in [0, 0.05) is 25.5 Å². The van der Waals surface area contributed by atoms with E-state index in [0.29, 0.717) is 0 Å². The highest BCUT2D eigenvalue weighted by molar-refractivity contribution is 7.91. The second-order valence-electron chi connectivity index (χ2n) is 4.19. The normalized spacial score (nSPS) is 11.1. The molecule has 19 heavy (non-hydrogen) atoms. The van der Waals surface area contributed by atoms with Crippen molar-refractivity contribution in [1.29, 1.82) is 0 Å². The van der Waals surface area contributed by atoms with Crippen molar-refractivity contribution in [2.45, 2.75) is 0 Å². The Hall–Kier alpha value is -1.44. The first-order chi connectivity index (χ1) is 9.03. The predicted molar refractivity (Wildman–Crippen MR) is 83.1 cm³/mol. The van der Waals surface area contributed by atoms with Gasteiger partial charge in [0.25, 0.3) is 0 Å². The van der Waals surface area contributed by atoms with Crippen LogP contribution >= 0.6 is 18.0 Å². The lowest BCUT2D eigenvalue weighted by atomic mass is 10.3. The van der Waals surface area contributed by atoms with Crippen molar-refractivity contribution in [3.05, 3.63) is 60.7 Å². The van der Waals surface area contributed by atoms with E-state index in [2.05, 4.69) is 0 Å². The van der Waals surface area contributed by atoms with Gasteiger partial charge in [-0.25, -0.2) is 0 Å². The summed E-state index contributed by atoms with van der Waals surface area (Å²) < 4.78 is 16.1. The first-order valence-electron chi connectivity index (χ1n) is 5.91. The number of hydrogen-bond acceptors (Lipinski definition) is 1. The van der Waals surface area contributed by atoms with Crippen LogP contribution in [-0.2, 0) is 4.57 Å². The number of nitrogens with zero attached hydrogens (tertiary/aromatic N) is 2. The Morgan fingerprint density at radius 2 is 1.11 bits per heavy atom. The molecule has 0 aliphatic carbocycles. The largest absolute Gasteiger partial charge is 0.352 e. The first kappa shape index (κ1) is 14.0. The van der Waals surface area contributed by atoms with Crippen LogP contribution in [0.5, 0.6) is 0 Å². The third kappa shape index (κ3) is 2.94. The fraction of sp³-hybridized carbons (Fsp3) is 0.143. The standard InChI is InChI=1S/C14H16ClN2OP/c1-16(13-9-5-3-6-10-13)19(15,18)17(2)14-11-7-4-8-12-14/h3-12H,1-2H3. The van der Waals surface area contributed by atoms with Crippen LogP contribution in [0.3, 0.4) is 0 Å². The number of hydrogen-bond donors (Lipinski definition) is 0. The van der Waals surface area contributed by atoms with Gasteiger partial charge in [-0.2, -0.15) is 0 Å². The summed E-state index contributed by atoms with van der Waals surface area (Å²) in [6.07, 6.45) is 0. The molecule has 100 valence electrons. The van der Waals surface area contributed by atoms with E-state index in [4.69, 9.17) is 11.2 Å². The fourth-order valence-electron chi connectivity index (χ4n) is 1.77. The van der Waals surface area contributed by atoms with Crippen LogP contribution in [0.2, 0.25) is 0 Å². The van der Waals surface area contributed by atoms with Crippen molar-refractivity contribution in [2.24, 2.45) is 0 Å². The maximum atomic E-state index is 12.8. The molecule has 0 saturated heterocycles. The molecule has 0 spiro atoms. The van der Waals surface area contributed by atoms with Crippen molar-refractivity contribution < 1.29 is 4.57 Å². The Morgan fingerprint density at radius 1 is 0.789 bits per heavy atom. The molecule has 0 saturated carbocycles. The SMILES string of the molecule is CN(c1ccccc1)P(=O)(Cl)N(C)c1ccccc1. The maximum absolute atomic E-state index is 12.8. The quantitative estimate of drug-likeness (QED) is 0.770. The second kappa shape index (κ2) is 5.68. The van der Waals surface area contributed by atoms with Gasteiger partial charge in [0.05, 0.1) is 0 Å². The Morgan fingerprint density at radius 3 is 1.42 bits per heavy atom. The Kier molecular flexibility index (Phi) is 4.18.